The first-order valence-corrected chi connectivity index (χ1v) is 15.2. The summed E-state index contributed by atoms with van der Waals surface area (Å²) in [6.07, 6.45) is 1.77. The van der Waals surface area contributed by atoms with Crippen LogP contribution < -0.4 is 21.3 Å². The highest BCUT2D eigenvalue weighted by Gasteiger charge is 2.20. The molecule has 47 heavy (non-hydrogen) atoms. The van der Waals surface area contributed by atoms with Crippen molar-refractivity contribution in [2.45, 2.75) is 31.9 Å². The standard InChI is InChI=1S/C27H21Cl2F2N7O2.C5H10O2/c1-38-27(39)21-13(11-34-38)9-18(24(30)31)36-25(21)35-17-8-4-6-15(23(17)29)14-5-3-7-16(22(14)28)20-12-33-19(10-32)26(37-20)40-2;6-5-2-1-3-7-4-5/h3-9,11-12,24H,10,32H2,1-2H3,(H,35,36);5-6H,1-4H2. The maximum Gasteiger partial charge on any atom is 0.280 e. The topological polar surface area (TPSA) is 150 Å². The number of aryl methyl sites for hydroxylation is 1. The fourth-order valence-corrected chi connectivity index (χ4v) is 5.53. The number of nitrogens with zero attached hydrogens (tertiary/aromatic N) is 5. The van der Waals surface area contributed by atoms with Gasteiger partial charge in [-0.25, -0.2) is 23.4 Å². The Morgan fingerprint density at radius 1 is 1.13 bits per heavy atom. The van der Waals surface area contributed by atoms with E-state index in [1.165, 1.54) is 20.4 Å². The van der Waals surface area contributed by atoms with E-state index in [4.69, 9.17) is 43.5 Å². The quantitative estimate of drug-likeness (QED) is 0.184. The Labute approximate surface area is 278 Å². The molecular formula is C32H31Cl2F2N7O4. The van der Waals surface area contributed by atoms with Crippen molar-refractivity contribution in [1.29, 1.82) is 0 Å². The molecule has 0 bridgehead atoms. The average molecular weight is 687 g/mol. The number of nitrogens with two attached hydrogens (primary N) is 1. The molecule has 246 valence electrons. The molecule has 0 spiro atoms. The van der Waals surface area contributed by atoms with Crippen LogP contribution in [0.1, 0.15) is 30.7 Å². The molecule has 0 aliphatic carbocycles. The summed E-state index contributed by atoms with van der Waals surface area (Å²) < 4.78 is 38.6. The van der Waals surface area contributed by atoms with E-state index in [1.807, 2.05) is 0 Å². The number of aromatic nitrogens is 5. The van der Waals surface area contributed by atoms with Crippen LogP contribution in [0.5, 0.6) is 5.88 Å². The highest BCUT2D eigenvalue weighted by molar-refractivity contribution is 6.39. The highest BCUT2D eigenvalue weighted by atomic mass is 35.5. The van der Waals surface area contributed by atoms with Crippen molar-refractivity contribution in [2.75, 3.05) is 25.6 Å². The number of aliphatic hydroxyl groups is 1. The second-order valence-electron chi connectivity index (χ2n) is 10.5. The lowest BCUT2D eigenvalue weighted by atomic mass is 10.0. The van der Waals surface area contributed by atoms with Crippen molar-refractivity contribution in [3.8, 4) is 28.3 Å². The van der Waals surface area contributed by atoms with Gasteiger partial charge in [-0.1, -0.05) is 53.5 Å². The van der Waals surface area contributed by atoms with Gasteiger partial charge in [0.25, 0.3) is 12.0 Å². The van der Waals surface area contributed by atoms with Gasteiger partial charge in [0, 0.05) is 42.3 Å². The molecule has 5 aromatic rings. The number of nitrogens with one attached hydrogen (secondary N) is 1. The van der Waals surface area contributed by atoms with Gasteiger partial charge in [-0.2, -0.15) is 5.10 Å². The number of hydrogen-bond donors (Lipinski definition) is 3. The summed E-state index contributed by atoms with van der Waals surface area (Å²) in [4.78, 5) is 25.7. The molecule has 15 heteroatoms. The Hall–Kier alpha value is -4.27. The first-order chi connectivity index (χ1) is 22.6. The minimum atomic E-state index is -2.86. The van der Waals surface area contributed by atoms with Crippen LogP contribution in [-0.2, 0) is 18.3 Å². The molecule has 0 radical (unpaired) electrons. The minimum absolute atomic E-state index is 0.0722. The normalized spacial score (nSPS) is 14.5. The molecule has 1 unspecified atom stereocenters. The molecule has 0 saturated carbocycles. The lowest BCUT2D eigenvalue weighted by molar-refractivity contribution is -0.00535. The van der Waals surface area contributed by atoms with E-state index in [0.29, 0.717) is 45.4 Å². The Morgan fingerprint density at radius 2 is 1.85 bits per heavy atom. The fourth-order valence-electron chi connectivity index (χ4n) is 4.93. The van der Waals surface area contributed by atoms with Crippen LogP contribution >= 0.6 is 23.2 Å². The molecular weight excluding hydrogens is 655 g/mol. The van der Waals surface area contributed by atoms with Gasteiger partial charge in [0.1, 0.15) is 17.2 Å². The maximum atomic E-state index is 13.6. The first kappa shape index (κ1) is 34.1. The molecule has 3 aromatic heterocycles. The van der Waals surface area contributed by atoms with E-state index in [1.54, 1.807) is 42.6 Å². The van der Waals surface area contributed by atoms with Crippen molar-refractivity contribution >= 4 is 45.5 Å². The summed E-state index contributed by atoms with van der Waals surface area (Å²) in [7, 11) is 2.93. The van der Waals surface area contributed by atoms with Crippen molar-refractivity contribution in [3.05, 3.63) is 86.6 Å². The average Bonchev–Trinajstić information content (AvgIpc) is 3.07. The number of hydrogen-bond acceptors (Lipinski definition) is 10. The molecule has 1 atom stereocenters. The molecule has 6 rings (SSSR count). The molecule has 4 N–H and O–H groups in total. The molecule has 4 heterocycles. The van der Waals surface area contributed by atoms with E-state index >= 15 is 0 Å². The van der Waals surface area contributed by atoms with Gasteiger partial charge in [0.2, 0.25) is 5.88 Å². The Bertz CT molecular complexity index is 1960. The predicted molar refractivity (Wildman–Crippen MR) is 176 cm³/mol. The third-order valence-corrected chi connectivity index (χ3v) is 8.14. The number of benzene rings is 2. The second-order valence-corrected chi connectivity index (χ2v) is 11.2. The summed E-state index contributed by atoms with van der Waals surface area (Å²) in [6.45, 7) is 1.53. The summed E-state index contributed by atoms with van der Waals surface area (Å²) >= 11 is 13.7. The number of ether oxygens (including phenoxy) is 2. The molecule has 1 fully saturated rings. The SMILES string of the molecule is COc1nc(-c2cccc(-c3cccc(Nc4nc(C(F)F)cc5cnn(C)c(=O)c45)c3Cl)c2Cl)cnc1CN.OC1CCCOC1. The minimum Gasteiger partial charge on any atom is -0.480 e. The van der Waals surface area contributed by atoms with Crippen molar-refractivity contribution in [3.63, 3.8) is 0 Å². The van der Waals surface area contributed by atoms with Crippen molar-refractivity contribution in [1.82, 2.24) is 24.7 Å². The summed E-state index contributed by atoms with van der Waals surface area (Å²) in [6, 6.07) is 11.6. The fraction of sp³-hybridized carbons (Fsp3) is 0.281. The zero-order valence-electron chi connectivity index (χ0n) is 25.4. The van der Waals surface area contributed by atoms with E-state index in [-0.39, 0.29) is 40.1 Å². The lowest BCUT2D eigenvalue weighted by Gasteiger charge is -2.16. The number of anilines is 2. The number of fused-ring (bicyclic) bond motifs is 1. The van der Waals surface area contributed by atoms with Gasteiger partial charge in [-0.3, -0.25) is 9.78 Å². The lowest BCUT2D eigenvalue weighted by Crippen LogP contribution is -2.21. The van der Waals surface area contributed by atoms with Gasteiger partial charge in [0.15, 0.2) is 0 Å². The van der Waals surface area contributed by atoms with Crippen LogP contribution in [0.4, 0.5) is 20.3 Å². The van der Waals surface area contributed by atoms with E-state index in [0.717, 1.165) is 30.2 Å². The Balaban J connectivity index is 0.000000549. The van der Waals surface area contributed by atoms with Crippen LogP contribution in [0.3, 0.4) is 0 Å². The van der Waals surface area contributed by atoms with E-state index in [2.05, 4.69) is 25.4 Å². The molecule has 1 aliphatic rings. The van der Waals surface area contributed by atoms with Gasteiger partial charge in [0.05, 0.1) is 59.0 Å². The largest absolute Gasteiger partial charge is 0.480 e. The molecule has 11 nitrogen and oxygen atoms in total. The number of halogens is 4. The monoisotopic (exact) mass is 685 g/mol. The smallest absolute Gasteiger partial charge is 0.280 e. The first-order valence-electron chi connectivity index (χ1n) is 14.5. The van der Waals surface area contributed by atoms with Gasteiger partial charge in [-0.15, -0.1) is 0 Å². The van der Waals surface area contributed by atoms with E-state index < -0.39 is 17.7 Å². The van der Waals surface area contributed by atoms with E-state index in [9.17, 15) is 13.6 Å². The van der Waals surface area contributed by atoms with Crippen LogP contribution in [0.2, 0.25) is 10.0 Å². The number of methoxy groups -OCH3 is 1. The number of pyridine rings is 1. The molecule has 2 aromatic carbocycles. The summed E-state index contributed by atoms with van der Waals surface area (Å²) in [5, 5.41) is 16.6. The van der Waals surface area contributed by atoms with Crippen LogP contribution in [0, 0.1) is 0 Å². The zero-order valence-corrected chi connectivity index (χ0v) is 26.9. The highest BCUT2D eigenvalue weighted by Crippen LogP contribution is 2.42. The molecule has 1 saturated heterocycles. The summed E-state index contributed by atoms with van der Waals surface area (Å²) in [5.41, 5.74) is 7.69. The third kappa shape index (κ3) is 7.50. The second kappa shape index (κ2) is 15.1. The molecule has 0 amide bonds. The van der Waals surface area contributed by atoms with Gasteiger partial charge < -0.3 is 25.6 Å². The van der Waals surface area contributed by atoms with Crippen LogP contribution in [0.25, 0.3) is 33.2 Å². The van der Waals surface area contributed by atoms with Crippen LogP contribution in [-0.4, -0.2) is 56.3 Å². The van der Waals surface area contributed by atoms with Crippen molar-refractivity contribution < 1.29 is 23.4 Å². The molecule has 1 aliphatic heterocycles. The Kier molecular flexibility index (Phi) is 10.9. The van der Waals surface area contributed by atoms with Crippen LogP contribution in [0.15, 0.2) is 59.7 Å². The van der Waals surface area contributed by atoms with Gasteiger partial charge >= 0.3 is 0 Å². The maximum absolute atomic E-state index is 13.6. The zero-order chi connectivity index (χ0) is 33.7. The van der Waals surface area contributed by atoms with Crippen molar-refractivity contribution in [2.24, 2.45) is 12.8 Å². The number of alkyl halides is 2. The third-order valence-electron chi connectivity index (χ3n) is 7.32. The summed E-state index contributed by atoms with van der Waals surface area (Å²) in [5.74, 6) is 0.217. The predicted octanol–water partition coefficient (Wildman–Crippen LogP) is 6.07. The number of aliphatic hydroxyl groups excluding tert-OH is 1. The number of rotatable bonds is 7. The van der Waals surface area contributed by atoms with Gasteiger partial charge in [-0.05, 0) is 25.0 Å². The Morgan fingerprint density at radius 3 is 2.49 bits per heavy atom.